The number of para-hydroxylation sites is 1. The van der Waals surface area contributed by atoms with Gasteiger partial charge in [0.05, 0.1) is 11.4 Å². The lowest BCUT2D eigenvalue weighted by Gasteiger charge is -2.29. The molecule has 2 aliphatic heterocycles. The fourth-order valence-electron chi connectivity index (χ4n) is 6.58. The Labute approximate surface area is 252 Å². The van der Waals surface area contributed by atoms with Gasteiger partial charge in [-0.15, -0.1) is 0 Å². The molecule has 5 heterocycles. The normalized spacial score (nSPS) is 15.3. The maximum atomic E-state index is 13.6. The second kappa shape index (κ2) is 11.0. The minimum absolute atomic E-state index is 0.119. The monoisotopic (exact) mass is 592 g/mol. The quantitative estimate of drug-likeness (QED) is 0.274. The van der Waals surface area contributed by atoms with Crippen LogP contribution in [0.5, 0.6) is 0 Å². The number of hydrogen-bond acceptors (Lipinski definition) is 6. The van der Waals surface area contributed by atoms with Crippen LogP contribution in [0.15, 0.2) is 71.8 Å². The van der Waals surface area contributed by atoms with Gasteiger partial charge in [-0.3, -0.25) is 14.3 Å². The van der Waals surface area contributed by atoms with Gasteiger partial charge in [-0.2, -0.15) is 5.10 Å². The Kier molecular flexibility index (Phi) is 6.88. The number of benzene rings is 2. The summed E-state index contributed by atoms with van der Waals surface area (Å²) in [5.74, 6) is 0.0350. The van der Waals surface area contributed by atoms with E-state index in [4.69, 9.17) is 5.73 Å². The van der Waals surface area contributed by atoms with Crippen molar-refractivity contribution in [3.63, 3.8) is 0 Å². The van der Waals surface area contributed by atoms with Crippen LogP contribution in [-0.4, -0.2) is 59.1 Å². The van der Waals surface area contributed by atoms with Crippen LogP contribution in [0.2, 0.25) is 0 Å². The Morgan fingerprint density at radius 1 is 0.977 bits per heavy atom. The fraction of sp³-hybridized carbons (Fsp3) is 0.281. The van der Waals surface area contributed by atoms with Gasteiger partial charge in [0.15, 0.2) is 5.82 Å². The summed E-state index contributed by atoms with van der Waals surface area (Å²) in [5.41, 5.74) is 11.6. The molecule has 3 aromatic heterocycles. The van der Waals surface area contributed by atoms with Gasteiger partial charge < -0.3 is 21.1 Å². The Morgan fingerprint density at radius 3 is 2.45 bits per heavy atom. The number of piperidine rings is 1. The zero-order chi connectivity index (χ0) is 30.4. The summed E-state index contributed by atoms with van der Waals surface area (Å²) >= 11 is 0. The van der Waals surface area contributed by atoms with Crippen LogP contribution < -0.4 is 16.6 Å². The number of carboxylic acid groups (broad SMARTS) is 1. The molecule has 44 heavy (non-hydrogen) atoms. The van der Waals surface area contributed by atoms with Gasteiger partial charge in [0.2, 0.25) is 0 Å². The molecule has 1 saturated heterocycles. The summed E-state index contributed by atoms with van der Waals surface area (Å²) in [7, 11) is 0. The average molecular weight is 593 g/mol. The summed E-state index contributed by atoms with van der Waals surface area (Å²) in [4.78, 5) is 44.2. The minimum Gasteiger partial charge on any atom is -0.465 e. The molecule has 2 aliphatic rings. The Balaban J connectivity index is 1.18. The Bertz CT molecular complexity index is 1930. The number of carbonyl (C=O) groups excluding carboxylic acids is 1. The molecule has 4 N–H and O–H groups in total. The lowest BCUT2D eigenvalue weighted by Crippen LogP contribution is -2.37. The highest BCUT2D eigenvalue weighted by Crippen LogP contribution is 2.37. The third-order valence-corrected chi connectivity index (χ3v) is 8.76. The van der Waals surface area contributed by atoms with E-state index in [2.05, 4.69) is 21.5 Å². The second-order valence-corrected chi connectivity index (χ2v) is 11.3. The van der Waals surface area contributed by atoms with E-state index < -0.39 is 12.0 Å². The number of nitrogens with zero attached hydrogens (tertiary/aromatic N) is 6. The lowest BCUT2D eigenvalue weighted by atomic mass is 9.93. The fourth-order valence-corrected chi connectivity index (χ4v) is 6.58. The van der Waals surface area contributed by atoms with Crippen molar-refractivity contribution in [3.05, 3.63) is 94.3 Å². The van der Waals surface area contributed by atoms with E-state index >= 15 is 0 Å². The van der Waals surface area contributed by atoms with Crippen LogP contribution in [0.4, 0.5) is 16.3 Å². The number of rotatable bonds is 5. The molecule has 5 aromatic rings. The van der Waals surface area contributed by atoms with Crippen molar-refractivity contribution >= 4 is 29.0 Å². The van der Waals surface area contributed by atoms with Gasteiger partial charge in [-0.1, -0.05) is 30.3 Å². The first-order valence-corrected chi connectivity index (χ1v) is 14.8. The molecule has 0 unspecified atom stereocenters. The van der Waals surface area contributed by atoms with E-state index in [1.165, 1.54) is 11.2 Å². The first-order valence-electron chi connectivity index (χ1n) is 14.8. The van der Waals surface area contributed by atoms with E-state index in [0.717, 1.165) is 41.0 Å². The van der Waals surface area contributed by atoms with Crippen LogP contribution in [-0.2, 0) is 13.0 Å². The van der Waals surface area contributed by atoms with Gasteiger partial charge in [0.25, 0.3) is 11.5 Å². The Morgan fingerprint density at radius 2 is 1.73 bits per heavy atom. The number of fused-ring (bicyclic) bond motifs is 2. The molecule has 0 aliphatic carbocycles. The number of aromatic nitrogens is 5. The smallest absolute Gasteiger partial charge is 0.407 e. The summed E-state index contributed by atoms with van der Waals surface area (Å²) in [6, 6.07) is 18.9. The second-order valence-electron chi connectivity index (χ2n) is 11.3. The third kappa shape index (κ3) is 4.68. The van der Waals surface area contributed by atoms with E-state index in [0.29, 0.717) is 55.9 Å². The summed E-state index contributed by atoms with van der Waals surface area (Å²) in [6.07, 6.45) is 4.43. The first kappa shape index (κ1) is 27.4. The zero-order valence-electron chi connectivity index (χ0n) is 24.0. The van der Waals surface area contributed by atoms with E-state index in [-0.39, 0.29) is 17.0 Å². The maximum absolute atomic E-state index is 13.6. The SMILES string of the molecule is Nc1ncnn2c(C3CCN(C(=O)O)CC3)cc(-c3ccc(NC(=O)c4c5n(n(-c6ccccc6)c4=O)CCCC5)cc3)c12. The molecule has 12 heteroatoms. The van der Waals surface area contributed by atoms with Crippen LogP contribution in [0.3, 0.4) is 0 Å². The topological polar surface area (TPSA) is 153 Å². The minimum atomic E-state index is -0.901. The molecule has 7 rings (SSSR count). The van der Waals surface area contributed by atoms with Gasteiger partial charge >= 0.3 is 6.09 Å². The first-order chi connectivity index (χ1) is 21.4. The number of anilines is 2. The summed E-state index contributed by atoms with van der Waals surface area (Å²) < 4.78 is 5.36. The predicted octanol–water partition coefficient (Wildman–Crippen LogP) is 4.38. The van der Waals surface area contributed by atoms with Crippen molar-refractivity contribution in [1.29, 1.82) is 0 Å². The standard InChI is InChI=1S/C32H32N8O4/c33-29-28-24(18-26(39(28)35-19-34-29)21-13-16-37(17-14-21)32(43)44)20-9-11-22(12-10-20)36-30(41)27-25-8-4-5-15-38(25)40(31(27)42)23-6-2-1-3-7-23/h1-3,6-7,9-12,18-19,21H,4-5,8,13-17H2,(H,36,41)(H,43,44)(H2,33,34,35). The lowest BCUT2D eigenvalue weighted by molar-refractivity contribution is 0.102. The summed E-state index contributed by atoms with van der Waals surface area (Å²) in [6.45, 7) is 1.60. The van der Waals surface area contributed by atoms with Crippen molar-refractivity contribution in [3.8, 4) is 16.8 Å². The van der Waals surface area contributed by atoms with Crippen molar-refractivity contribution in [2.75, 3.05) is 24.1 Å². The van der Waals surface area contributed by atoms with Crippen LogP contribution in [0.25, 0.3) is 22.3 Å². The maximum Gasteiger partial charge on any atom is 0.407 e. The number of nitrogens with one attached hydrogen (secondary N) is 1. The molecule has 2 aromatic carbocycles. The molecule has 0 bridgehead atoms. The number of nitrogens with two attached hydrogens (primary N) is 1. The molecule has 224 valence electrons. The molecular weight excluding hydrogens is 560 g/mol. The van der Waals surface area contributed by atoms with Crippen molar-refractivity contribution in [1.82, 2.24) is 28.9 Å². The van der Waals surface area contributed by atoms with Gasteiger partial charge in [0, 0.05) is 42.5 Å². The highest BCUT2D eigenvalue weighted by atomic mass is 16.4. The van der Waals surface area contributed by atoms with Crippen LogP contribution in [0, 0.1) is 0 Å². The molecule has 0 radical (unpaired) electrons. The predicted molar refractivity (Wildman–Crippen MR) is 165 cm³/mol. The Hall–Kier alpha value is -5.39. The van der Waals surface area contributed by atoms with Crippen LogP contribution in [0.1, 0.15) is 53.3 Å². The largest absolute Gasteiger partial charge is 0.465 e. The highest BCUT2D eigenvalue weighted by Gasteiger charge is 2.29. The van der Waals surface area contributed by atoms with E-state index in [1.54, 1.807) is 16.8 Å². The van der Waals surface area contributed by atoms with Gasteiger partial charge in [-0.25, -0.2) is 19.0 Å². The molecule has 0 spiro atoms. The van der Waals surface area contributed by atoms with Crippen molar-refractivity contribution in [2.24, 2.45) is 0 Å². The number of likely N-dealkylation sites (tertiary alicyclic amines) is 1. The van der Waals surface area contributed by atoms with E-state index in [1.807, 2.05) is 51.7 Å². The zero-order valence-corrected chi connectivity index (χ0v) is 24.0. The molecule has 2 amide bonds. The van der Waals surface area contributed by atoms with Crippen LogP contribution >= 0.6 is 0 Å². The molecule has 0 atom stereocenters. The number of nitrogen functional groups attached to an aromatic ring is 1. The van der Waals surface area contributed by atoms with Crippen molar-refractivity contribution in [2.45, 2.75) is 44.6 Å². The third-order valence-electron chi connectivity index (χ3n) is 8.76. The molecule has 12 nitrogen and oxygen atoms in total. The average Bonchev–Trinajstić information content (AvgIpc) is 3.58. The molecular formula is C32H32N8O4. The summed E-state index contributed by atoms with van der Waals surface area (Å²) in [5, 5.41) is 16.8. The molecule has 1 fully saturated rings. The van der Waals surface area contributed by atoms with E-state index in [9.17, 15) is 19.5 Å². The number of hydrogen-bond donors (Lipinski definition) is 3. The van der Waals surface area contributed by atoms with Crippen molar-refractivity contribution < 1.29 is 14.7 Å². The van der Waals surface area contributed by atoms with Gasteiger partial charge in [0.1, 0.15) is 17.4 Å². The highest BCUT2D eigenvalue weighted by molar-refractivity contribution is 6.05. The molecule has 0 saturated carbocycles. The number of carbonyl (C=O) groups is 2. The number of amides is 2. The van der Waals surface area contributed by atoms with Gasteiger partial charge in [-0.05, 0) is 68.0 Å².